The van der Waals surface area contributed by atoms with Gasteiger partial charge in [0.15, 0.2) is 0 Å². The lowest BCUT2D eigenvalue weighted by atomic mass is 10.1. The lowest BCUT2D eigenvalue weighted by Gasteiger charge is -2.18. The first-order valence-electron chi connectivity index (χ1n) is 7.23. The minimum absolute atomic E-state index is 0.143. The molecular weight excluding hydrogens is 314 g/mol. The highest BCUT2D eigenvalue weighted by molar-refractivity contribution is 7.13. The maximum atomic E-state index is 12.5. The fraction of sp³-hybridized carbons (Fsp3) is 0.438. The molecule has 124 valence electrons. The van der Waals surface area contributed by atoms with Crippen molar-refractivity contribution in [2.24, 2.45) is 0 Å². The van der Waals surface area contributed by atoms with E-state index in [-0.39, 0.29) is 5.91 Å². The molecule has 7 heteroatoms. The van der Waals surface area contributed by atoms with Gasteiger partial charge in [0, 0.05) is 24.4 Å². The summed E-state index contributed by atoms with van der Waals surface area (Å²) in [4.78, 5) is 23.0. The average Bonchev–Trinajstić information content (AvgIpc) is 3.00. The van der Waals surface area contributed by atoms with Gasteiger partial charge in [0.1, 0.15) is 21.7 Å². The molecule has 0 saturated carbocycles. The predicted molar refractivity (Wildman–Crippen MR) is 88.8 cm³/mol. The standard InChI is InChI=1S/C16H21N3O3S/c1-9-6-17-12(10(2)14(9)22-5)8-19(4)16(21)13-7-18-15(23-13)11(3)20/h6-7,11,20H,8H2,1-5H3/t11-/m0/s1. The second kappa shape index (κ2) is 7.06. The van der Waals surface area contributed by atoms with Gasteiger partial charge in [-0.25, -0.2) is 4.98 Å². The van der Waals surface area contributed by atoms with Gasteiger partial charge in [0.25, 0.3) is 5.91 Å². The zero-order valence-corrected chi connectivity index (χ0v) is 14.8. The van der Waals surface area contributed by atoms with E-state index in [0.29, 0.717) is 16.4 Å². The van der Waals surface area contributed by atoms with Crippen molar-refractivity contribution < 1.29 is 14.6 Å². The van der Waals surface area contributed by atoms with Gasteiger partial charge in [-0.05, 0) is 20.8 Å². The number of aryl methyl sites for hydroxylation is 1. The fourth-order valence-electron chi connectivity index (χ4n) is 2.29. The van der Waals surface area contributed by atoms with Crippen LogP contribution < -0.4 is 4.74 Å². The largest absolute Gasteiger partial charge is 0.496 e. The van der Waals surface area contributed by atoms with Crippen LogP contribution in [-0.4, -0.2) is 40.0 Å². The summed E-state index contributed by atoms with van der Waals surface area (Å²) in [5.74, 6) is 0.653. The minimum atomic E-state index is -0.669. The lowest BCUT2D eigenvalue weighted by Crippen LogP contribution is -2.26. The van der Waals surface area contributed by atoms with Crippen molar-refractivity contribution in [1.29, 1.82) is 0 Å². The summed E-state index contributed by atoms with van der Waals surface area (Å²) >= 11 is 1.20. The van der Waals surface area contributed by atoms with Gasteiger partial charge in [-0.3, -0.25) is 9.78 Å². The molecule has 1 amide bonds. The first-order chi connectivity index (χ1) is 10.8. The molecule has 23 heavy (non-hydrogen) atoms. The van der Waals surface area contributed by atoms with Gasteiger partial charge in [-0.1, -0.05) is 0 Å². The van der Waals surface area contributed by atoms with E-state index in [9.17, 15) is 9.90 Å². The number of methoxy groups -OCH3 is 1. The zero-order valence-electron chi connectivity index (χ0n) is 14.0. The van der Waals surface area contributed by atoms with E-state index < -0.39 is 6.10 Å². The van der Waals surface area contributed by atoms with Crippen molar-refractivity contribution >= 4 is 17.2 Å². The number of rotatable bonds is 5. The summed E-state index contributed by atoms with van der Waals surface area (Å²) in [6.45, 7) is 5.88. The third-order valence-electron chi connectivity index (χ3n) is 3.58. The molecule has 2 rings (SSSR count). The van der Waals surface area contributed by atoms with E-state index >= 15 is 0 Å². The first-order valence-corrected chi connectivity index (χ1v) is 8.05. The number of carbonyl (C=O) groups is 1. The van der Waals surface area contributed by atoms with Gasteiger partial charge in [-0.15, -0.1) is 11.3 Å². The summed E-state index contributed by atoms with van der Waals surface area (Å²) in [7, 11) is 3.35. The van der Waals surface area contributed by atoms with Crippen LogP contribution in [0.4, 0.5) is 0 Å². The smallest absolute Gasteiger partial charge is 0.265 e. The second-order valence-corrected chi connectivity index (χ2v) is 6.51. The number of aliphatic hydroxyl groups excluding tert-OH is 1. The van der Waals surface area contributed by atoms with E-state index in [1.54, 1.807) is 32.2 Å². The quantitative estimate of drug-likeness (QED) is 0.908. The summed E-state index contributed by atoms with van der Waals surface area (Å²) < 4.78 is 5.39. The summed E-state index contributed by atoms with van der Waals surface area (Å²) in [6.07, 6.45) is 2.58. The molecule has 2 heterocycles. The molecule has 2 aromatic heterocycles. The van der Waals surface area contributed by atoms with Crippen molar-refractivity contribution in [2.45, 2.75) is 33.4 Å². The zero-order chi connectivity index (χ0) is 17.1. The Hall–Kier alpha value is -1.99. The highest BCUT2D eigenvalue weighted by atomic mass is 32.1. The Balaban J connectivity index is 2.18. The van der Waals surface area contributed by atoms with Crippen LogP contribution in [0, 0.1) is 13.8 Å². The number of carbonyl (C=O) groups excluding carboxylic acids is 1. The molecule has 0 aliphatic carbocycles. The summed E-state index contributed by atoms with van der Waals surface area (Å²) in [6, 6.07) is 0. The van der Waals surface area contributed by atoms with Crippen LogP contribution in [0.1, 0.15) is 44.5 Å². The number of thiazole rings is 1. The topological polar surface area (TPSA) is 75.5 Å². The maximum absolute atomic E-state index is 12.5. The van der Waals surface area contributed by atoms with Gasteiger partial charge >= 0.3 is 0 Å². The molecule has 0 saturated heterocycles. The van der Waals surface area contributed by atoms with Crippen molar-refractivity contribution in [1.82, 2.24) is 14.9 Å². The van der Waals surface area contributed by atoms with E-state index in [1.807, 2.05) is 13.8 Å². The third kappa shape index (κ3) is 3.68. The summed E-state index contributed by atoms with van der Waals surface area (Å²) in [5.41, 5.74) is 2.69. The van der Waals surface area contributed by atoms with Crippen LogP contribution in [-0.2, 0) is 6.54 Å². The van der Waals surface area contributed by atoms with Gasteiger partial charge < -0.3 is 14.7 Å². The minimum Gasteiger partial charge on any atom is -0.496 e. The van der Waals surface area contributed by atoms with Crippen LogP contribution in [0.15, 0.2) is 12.4 Å². The second-order valence-electron chi connectivity index (χ2n) is 5.45. The van der Waals surface area contributed by atoms with E-state index in [4.69, 9.17) is 4.74 Å². The third-order valence-corrected chi connectivity index (χ3v) is 4.73. The molecular formula is C16H21N3O3S. The number of hydrogen-bond acceptors (Lipinski definition) is 6. The molecule has 1 N–H and O–H groups in total. The fourth-order valence-corrected chi connectivity index (χ4v) is 3.14. The van der Waals surface area contributed by atoms with E-state index in [0.717, 1.165) is 22.6 Å². The van der Waals surface area contributed by atoms with Crippen molar-refractivity contribution in [3.05, 3.63) is 39.1 Å². The SMILES string of the molecule is COc1c(C)cnc(CN(C)C(=O)c2cnc([C@H](C)O)s2)c1C. The highest BCUT2D eigenvalue weighted by Gasteiger charge is 2.19. The number of hydrogen-bond donors (Lipinski definition) is 1. The Morgan fingerprint density at radius 2 is 2.09 bits per heavy atom. The van der Waals surface area contributed by atoms with Gasteiger partial charge in [0.05, 0.1) is 25.5 Å². The lowest BCUT2D eigenvalue weighted by molar-refractivity contribution is 0.0787. The summed E-state index contributed by atoms with van der Waals surface area (Å²) in [5, 5.41) is 10.0. The van der Waals surface area contributed by atoms with E-state index in [1.165, 1.54) is 17.5 Å². The molecule has 0 radical (unpaired) electrons. The molecule has 2 aromatic rings. The van der Waals surface area contributed by atoms with Crippen molar-refractivity contribution in [3.8, 4) is 5.75 Å². The van der Waals surface area contributed by atoms with Gasteiger partial charge in [0.2, 0.25) is 0 Å². The molecule has 1 atom stereocenters. The number of nitrogens with zero attached hydrogens (tertiary/aromatic N) is 3. The molecule has 0 aliphatic rings. The van der Waals surface area contributed by atoms with Crippen LogP contribution >= 0.6 is 11.3 Å². The van der Waals surface area contributed by atoms with E-state index in [2.05, 4.69) is 9.97 Å². The predicted octanol–water partition coefficient (Wildman–Crippen LogP) is 2.49. The number of ether oxygens (including phenoxy) is 1. The Bertz CT molecular complexity index is 713. The Kier molecular flexibility index (Phi) is 5.33. The Morgan fingerprint density at radius 3 is 2.65 bits per heavy atom. The molecule has 0 aliphatic heterocycles. The molecule has 0 bridgehead atoms. The first kappa shape index (κ1) is 17.4. The molecule has 0 spiro atoms. The monoisotopic (exact) mass is 335 g/mol. The van der Waals surface area contributed by atoms with Crippen LogP contribution in [0.2, 0.25) is 0 Å². The molecule has 0 unspecified atom stereocenters. The number of aliphatic hydroxyl groups is 1. The van der Waals surface area contributed by atoms with Gasteiger partial charge in [-0.2, -0.15) is 0 Å². The number of pyridine rings is 1. The molecule has 0 aromatic carbocycles. The van der Waals surface area contributed by atoms with Crippen molar-refractivity contribution in [3.63, 3.8) is 0 Å². The Labute approximate surface area is 139 Å². The van der Waals surface area contributed by atoms with Crippen LogP contribution in [0.25, 0.3) is 0 Å². The highest BCUT2D eigenvalue weighted by Crippen LogP contribution is 2.25. The van der Waals surface area contributed by atoms with Crippen LogP contribution in [0.3, 0.4) is 0 Å². The molecule has 6 nitrogen and oxygen atoms in total. The van der Waals surface area contributed by atoms with Crippen LogP contribution in [0.5, 0.6) is 5.75 Å². The van der Waals surface area contributed by atoms with Crippen molar-refractivity contribution in [2.75, 3.05) is 14.2 Å². The number of amides is 1. The average molecular weight is 335 g/mol. The Morgan fingerprint density at radius 1 is 1.39 bits per heavy atom. The normalized spacial score (nSPS) is 12.1. The number of aromatic nitrogens is 2. The molecule has 0 fully saturated rings. The maximum Gasteiger partial charge on any atom is 0.265 e.